The fraction of sp³-hybridized carbons (Fsp3) is 0.0556. The van der Waals surface area contributed by atoms with Gasteiger partial charge in [0.05, 0.1) is 29.7 Å². The number of fused-ring (bicyclic) bond motifs is 1. The van der Waals surface area contributed by atoms with E-state index in [1.807, 2.05) is 31.4 Å². The molecule has 0 bridgehead atoms. The molecule has 27 heavy (non-hydrogen) atoms. The minimum Gasteiger partial charge on any atom is -0.322 e. The third-order valence-electron chi connectivity index (χ3n) is 3.97. The van der Waals surface area contributed by atoms with E-state index in [9.17, 15) is 4.79 Å². The highest BCUT2D eigenvalue weighted by Gasteiger charge is 2.14. The van der Waals surface area contributed by atoms with Crippen molar-refractivity contribution in [2.75, 3.05) is 5.32 Å². The first-order chi connectivity index (χ1) is 13.0. The fourth-order valence-corrected chi connectivity index (χ4v) is 3.19. The lowest BCUT2D eigenvalue weighted by Gasteiger charge is -2.08. The summed E-state index contributed by atoms with van der Waals surface area (Å²) in [6.45, 7) is 0. The van der Waals surface area contributed by atoms with Gasteiger partial charge in [-0.2, -0.15) is 15.5 Å². The van der Waals surface area contributed by atoms with Gasteiger partial charge in [0.25, 0.3) is 5.91 Å². The number of rotatable bonds is 3. The Morgan fingerprint density at radius 3 is 2.78 bits per heavy atom. The molecule has 1 amide bonds. The fourth-order valence-electron chi connectivity index (χ4n) is 2.68. The maximum atomic E-state index is 12.6. The molecule has 0 saturated heterocycles. The molecular formula is C18H12BrN7O. The first kappa shape index (κ1) is 16.9. The molecule has 132 valence electrons. The minimum absolute atomic E-state index is 0.236. The number of aromatic nitrogens is 5. The highest BCUT2D eigenvalue weighted by atomic mass is 79.9. The molecule has 0 aliphatic carbocycles. The van der Waals surface area contributed by atoms with Gasteiger partial charge in [-0.3, -0.25) is 9.48 Å². The van der Waals surface area contributed by atoms with Crippen molar-refractivity contribution in [2.24, 2.45) is 7.05 Å². The highest BCUT2D eigenvalue weighted by Crippen LogP contribution is 2.23. The Morgan fingerprint density at radius 2 is 2.07 bits per heavy atom. The van der Waals surface area contributed by atoms with Crippen LogP contribution in [0.25, 0.3) is 16.6 Å². The zero-order valence-electron chi connectivity index (χ0n) is 14.1. The van der Waals surface area contributed by atoms with Crippen molar-refractivity contribution in [3.05, 3.63) is 64.8 Å². The lowest BCUT2D eigenvalue weighted by atomic mass is 10.2. The van der Waals surface area contributed by atoms with E-state index in [0.29, 0.717) is 15.9 Å². The summed E-state index contributed by atoms with van der Waals surface area (Å²) in [5, 5.41) is 21.2. The number of halogens is 1. The molecule has 1 aromatic carbocycles. The molecule has 0 saturated carbocycles. The third kappa shape index (κ3) is 3.18. The highest BCUT2D eigenvalue weighted by molar-refractivity contribution is 9.10. The van der Waals surface area contributed by atoms with Gasteiger partial charge in [0.15, 0.2) is 0 Å². The molecule has 0 unspecified atom stereocenters. The summed E-state index contributed by atoms with van der Waals surface area (Å²) in [5.41, 5.74) is 2.87. The van der Waals surface area contributed by atoms with E-state index in [-0.39, 0.29) is 11.6 Å². The molecule has 0 aliphatic heterocycles. The minimum atomic E-state index is -0.328. The Balaban J connectivity index is 1.66. The van der Waals surface area contributed by atoms with Crippen LogP contribution in [0.3, 0.4) is 0 Å². The van der Waals surface area contributed by atoms with Crippen molar-refractivity contribution in [3.8, 4) is 11.8 Å². The average molecular weight is 422 g/mol. The van der Waals surface area contributed by atoms with E-state index in [4.69, 9.17) is 5.26 Å². The van der Waals surface area contributed by atoms with Crippen molar-refractivity contribution >= 4 is 38.4 Å². The van der Waals surface area contributed by atoms with Gasteiger partial charge in [0.2, 0.25) is 0 Å². The summed E-state index contributed by atoms with van der Waals surface area (Å²) in [6, 6.07) is 10.5. The maximum Gasteiger partial charge on any atom is 0.258 e. The van der Waals surface area contributed by atoms with E-state index in [0.717, 1.165) is 16.6 Å². The number of carbonyl (C=O) groups excluding carboxylic acids is 1. The maximum absolute atomic E-state index is 12.6. The average Bonchev–Trinajstić information content (AvgIpc) is 3.27. The van der Waals surface area contributed by atoms with Gasteiger partial charge in [-0.15, -0.1) is 0 Å². The molecule has 8 nitrogen and oxygen atoms in total. The van der Waals surface area contributed by atoms with Gasteiger partial charge in [-0.25, -0.2) is 9.67 Å². The van der Waals surface area contributed by atoms with Crippen molar-refractivity contribution in [1.82, 2.24) is 24.5 Å². The van der Waals surface area contributed by atoms with Gasteiger partial charge in [-0.05, 0) is 46.3 Å². The second-order valence-corrected chi connectivity index (χ2v) is 6.55. The van der Waals surface area contributed by atoms with Gasteiger partial charge in [0, 0.05) is 18.1 Å². The van der Waals surface area contributed by atoms with Crippen LogP contribution in [0.4, 0.5) is 5.69 Å². The van der Waals surface area contributed by atoms with Gasteiger partial charge < -0.3 is 5.32 Å². The quantitative estimate of drug-likeness (QED) is 0.512. The van der Waals surface area contributed by atoms with Gasteiger partial charge in [0.1, 0.15) is 22.1 Å². The third-order valence-corrected chi connectivity index (χ3v) is 4.58. The molecule has 0 spiro atoms. The topological polar surface area (TPSA) is 101 Å². The van der Waals surface area contributed by atoms with E-state index in [1.54, 1.807) is 33.9 Å². The van der Waals surface area contributed by atoms with Crippen molar-refractivity contribution in [1.29, 1.82) is 5.26 Å². The van der Waals surface area contributed by atoms with Crippen LogP contribution >= 0.6 is 15.9 Å². The Hall–Kier alpha value is -3.51. The first-order valence-corrected chi connectivity index (χ1v) is 8.69. The lowest BCUT2D eigenvalue weighted by Crippen LogP contribution is -2.13. The zero-order chi connectivity index (χ0) is 19.0. The standard InChI is InChI=1S/C18H12BrN7O/c1-25-10-14(9-21-25)26-16-6-12(3-2-11(16)8-22-26)24-18(27)15-5-4-13(7-20)23-17(15)19/h2-6,8-10H,1H3,(H,24,27). The molecule has 0 fully saturated rings. The second-order valence-electron chi connectivity index (χ2n) is 5.80. The van der Waals surface area contributed by atoms with Gasteiger partial charge >= 0.3 is 0 Å². The Bertz CT molecular complexity index is 1220. The molecular weight excluding hydrogens is 410 g/mol. The molecule has 9 heteroatoms. The number of hydrogen-bond donors (Lipinski definition) is 1. The molecule has 3 aromatic heterocycles. The number of pyridine rings is 1. The predicted octanol–water partition coefficient (Wildman–Crippen LogP) is 3.04. The molecule has 3 heterocycles. The second kappa shape index (κ2) is 6.66. The molecule has 0 radical (unpaired) electrons. The van der Waals surface area contributed by atoms with Crippen LogP contribution in [-0.2, 0) is 7.05 Å². The summed E-state index contributed by atoms with van der Waals surface area (Å²) >= 11 is 3.23. The molecule has 0 atom stereocenters. The molecule has 4 aromatic rings. The van der Waals surface area contributed by atoms with Crippen LogP contribution in [0.15, 0.2) is 53.5 Å². The Labute approximate surface area is 162 Å². The number of nitrogens with one attached hydrogen (secondary N) is 1. The molecule has 0 aliphatic rings. The smallest absolute Gasteiger partial charge is 0.258 e. The van der Waals surface area contributed by atoms with E-state index >= 15 is 0 Å². The molecule has 4 rings (SSSR count). The summed E-state index contributed by atoms with van der Waals surface area (Å²) in [4.78, 5) is 16.6. The number of carbonyl (C=O) groups is 1. The largest absolute Gasteiger partial charge is 0.322 e. The van der Waals surface area contributed by atoms with Crippen LogP contribution in [0.5, 0.6) is 0 Å². The molecule has 1 N–H and O–H groups in total. The Kier molecular flexibility index (Phi) is 4.18. The van der Waals surface area contributed by atoms with Crippen molar-refractivity contribution in [2.45, 2.75) is 0 Å². The number of aryl methyl sites for hydroxylation is 1. The number of hydrogen-bond acceptors (Lipinski definition) is 5. The van der Waals surface area contributed by atoms with Crippen LogP contribution < -0.4 is 5.32 Å². The number of nitriles is 1. The summed E-state index contributed by atoms with van der Waals surface area (Å²) < 4.78 is 3.78. The normalized spacial score (nSPS) is 10.7. The van der Waals surface area contributed by atoms with Crippen LogP contribution in [0.2, 0.25) is 0 Å². The van der Waals surface area contributed by atoms with Crippen molar-refractivity contribution in [3.63, 3.8) is 0 Å². The predicted molar refractivity (Wildman–Crippen MR) is 102 cm³/mol. The van der Waals surface area contributed by atoms with E-state index < -0.39 is 0 Å². The summed E-state index contributed by atoms with van der Waals surface area (Å²) in [7, 11) is 1.84. The van der Waals surface area contributed by atoms with Crippen LogP contribution in [0.1, 0.15) is 16.1 Å². The number of benzene rings is 1. The number of anilines is 1. The first-order valence-electron chi connectivity index (χ1n) is 7.90. The van der Waals surface area contributed by atoms with Gasteiger partial charge in [-0.1, -0.05) is 0 Å². The number of nitrogens with zero attached hydrogens (tertiary/aromatic N) is 6. The van der Waals surface area contributed by atoms with Crippen LogP contribution in [0, 0.1) is 11.3 Å². The number of amides is 1. The summed E-state index contributed by atoms with van der Waals surface area (Å²) in [6.07, 6.45) is 5.34. The zero-order valence-corrected chi connectivity index (χ0v) is 15.7. The lowest BCUT2D eigenvalue weighted by molar-refractivity contribution is 0.102. The SMILES string of the molecule is Cn1cc(-n2ncc3ccc(NC(=O)c4ccc(C#N)nc4Br)cc32)cn1. The van der Waals surface area contributed by atoms with E-state index in [2.05, 4.69) is 36.4 Å². The van der Waals surface area contributed by atoms with Crippen LogP contribution in [-0.4, -0.2) is 30.5 Å². The van der Waals surface area contributed by atoms with Crippen molar-refractivity contribution < 1.29 is 4.79 Å². The monoisotopic (exact) mass is 421 g/mol. The Morgan fingerprint density at radius 1 is 1.22 bits per heavy atom. The van der Waals surface area contributed by atoms with E-state index in [1.165, 1.54) is 6.07 Å². The summed E-state index contributed by atoms with van der Waals surface area (Å²) in [5.74, 6) is -0.328.